The fourth-order valence-corrected chi connectivity index (χ4v) is 3.87. The van der Waals surface area contributed by atoms with Gasteiger partial charge in [0.15, 0.2) is 0 Å². The zero-order chi connectivity index (χ0) is 19.1. The minimum Gasteiger partial charge on any atom is -0.469 e. The molecular formula is C21H30N2O4. The normalized spacial score (nSPS) is 19.6. The number of ether oxygens (including phenoxy) is 2. The van der Waals surface area contributed by atoms with Crippen molar-refractivity contribution in [3.8, 4) is 0 Å². The van der Waals surface area contributed by atoms with E-state index in [1.807, 2.05) is 18.2 Å². The fourth-order valence-electron chi connectivity index (χ4n) is 3.87. The molecule has 148 valence electrons. The van der Waals surface area contributed by atoms with E-state index in [-0.39, 0.29) is 23.8 Å². The highest BCUT2D eigenvalue weighted by Gasteiger charge is 2.26. The van der Waals surface area contributed by atoms with Crippen LogP contribution in [0, 0.1) is 5.92 Å². The van der Waals surface area contributed by atoms with Crippen molar-refractivity contribution < 1.29 is 19.1 Å². The molecule has 27 heavy (non-hydrogen) atoms. The molecule has 0 bridgehead atoms. The summed E-state index contributed by atoms with van der Waals surface area (Å²) in [5.41, 5.74) is 2.20. The lowest BCUT2D eigenvalue weighted by atomic mass is 9.97. The Morgan fingerprint density at radius 3 is 2.44 bits per heavy atom. The molecule has 1 N–H and O–H groups in total. The molecule has 0 unspecified atom stereocenters. The van der Waals surface area contributed by atoms with Crippen molar-refractivity contribution in [3.05, 3.63) is 35.4 Å². The molecule has 2 heterocycles. The molecule has 6 heteroatoms. The second-order valence-electron chi connectivity index (χ2n) is 7.47. The van der Waals surface area contributed by atoms with Gasteiger partial charge in [-0.1, -0.05) is 24.3 Å². The van der Waals surface area contributed by atoms with Crippen LogP contribution in [0.4, 0.5) is 0 Å². The second-order valence-corrected chi connectivity index (χ2v) is 7.47. The van der Waals surface area contributed by atoms with Crippen LogP contribution >= 0.6 is 0 Å². The van der Waals surface area contributed by atoms with Crippen LogP contribution in [-0.2, 0) is 32.0 Å². The zero-order valence-electron chi connectivity index (χ0n) is 16.1. The molecular weight excluding hydrogens is 344 g/mol. The molecule has 0 aromatic heterocycles. The summed E-state index contributed by atoms with van der Waals surface area (Å²) in [7, 11) is 1.42. The summed E-state index contributed by atoms with van der Waals surface area (Å²) in [5, 5.41) is 3.24. The van der Waals surface area contributed by atoms with Gasteiger partial charge in [0.1, 0.15) is 0 Å². The van der Waals surface area contributed by atoms with E-state index in [0.717, 1.165) is 50.9 Å². The fraction of sp³-hybridized carbons (Fsp3) is 0.619. The Bertz CT molecular complexity index is 635. The molecule has 2 aliphatic heterocycles. The first-order chi connectivity index (χ1) is 13.2. The van der Waals surface area contributed by atoms with Gasteiger partial charge >= 0.3 is 5.97 Å². The number of carbonyl (C=O) groups is 2. The van der Waals surface area contributed by atoms with Gasteiger partial charge in [0.2, 0.25) is 5.91 Å². The summed E-state index contributed by atoms with van der Waals surface area (Å²) in [6.07, 6.45) is 3.91. The van der Waals surface area contributed by atoms with Crippen LogP contribution in [0.25, 0.3) is 0 Å². The molecule has 1 aromatic carbocycles. The number of carbonyl (C=O) groups excluding carboxylic acids is 2. The maximum atomic E-state index is 12.4. The van der Waals surface area contributed by atoms with Crippen molar-refractivity contribution in [1.29, 1.82) is 0 Å². The number of piperidine rings is 1. The number of nitrogens with one attached hydrogen (secondary N) is 1. The first kappa shape index (κ1) is 19.8. The van der Waals surface area contributed by atoms with Gasteiger partial charge in [-0.25, -0.2) is 0 Å². The highest BCUT2D eigenvalue weighted by Crippen LogP contribution is 2.19. The van der Waals surface area contributed by atoms with Gasteiger partial charge in [-0.05, 0) is 36.8 Å². The number of amides is 1. The number of rotatable bonds is 6. The molecule has 2 saturated heterocycles. The molecule has 0 aliphatic carbocycles. The predicted octanol–water partition coefficient (Wildman–Crippen LogP) is 1.91. The highest BCUT2D eigenvalue weighted by molar-refractivity contribution is 5.79. The van der Waals surface area contributed by atoms with Gasteiger partial charge in [0.05, 0.1) is 13.5 Å². The minimum absolute atomic E-state index is 0.113. The Kier molecular flexibility index (Phi) is 7.24. The van der Waals surface area contributed by atoms with Crippen LogP contribution < -0.4 is 5.32 Å². The average Bonchev–Trinajstić information content (AvgIpc) is 2.71. The smallest absolute Gasteiger partial charge is 0.309 e. The molecule has 3 rings (SSSR count). The first-order valence-electron chi connectivity index (χ1n) is 9.90. The topological polar surface area (TPSA) is 67.9 Å². The van der Waals surface area contributed by atoms with Crippen molar-refractivity contribution in [2.45, 2.75) is 44.7 Å². The Labute approximate surface area is 161 Å². The standard InChI is InChI=1S/C21H30N2O4/c1-26-20(24)14-17-4-2-3-5-18(17)15-23-10-6-19(7-11-23)22-21(25)16-8-12-27-13-9-16/h2-5,16,19H,6-15H2,1H3,(H,22,25). The third kappa shape index (κ3) is 5.78. The molecule has 2 fully saturated rings. The van der Waals surface area contributed by atoms with E-state index < -0.39 is 0 Å². The van der Waals surface area contributed by atoms with Crippen molar-refractivity contribution in [1.82, 2.24) is 10.2 Å². The third-order valence-electron chi connectivity index (χ3n) is 5.60. The van der Waals surface area contributed by atoms with Gasteiger partial charge < -0.3 is 14.8 Å². The monoisotopic (exact) mass is 374 g/mol. The van der Waals surface area contributed by atoms with Gasteiger partial charge in [-0.2, -0.15) is 0 Å². The SMILES string of the molecule is COC(=O)Cc1ccccc1CN1CCC(NC(=O)C2CCOCC2)CC1. The average molecular weight is 374 g/mol. The molecule has 6 nitrogen and oxygen atoms in total. The summed E-state index contributed by atoms with van der Waals surface area (Å²) in [6, 6.07) is 8.31. The Morgan fingerprint density at radius 2 is 1.78 bits per heavy atom. The van der Waals surface area contributed by atoms with Gasteiger partial charge in [0.25, 0.3) is 0 Å². The largest absolute Gasteiger partial charge is 0.469 e. The lowest BCUT2D eigenvalue weighted by Crippen LogP contribution is -2.46. The van der Waals surface area contributed by atoms with E-state index in [9.17, 15) is 9.59 Å². The summed E-state index contributed by atoms with van der Waals surface area (Å²) >= 11 is 0. The van der Waals surface area contributed by atoms with Crippen molar-refractivity contribution in [3.63, 3.8) is 0 Å². The number of nitrogens with zero attached hydrogens (tertiary/aromatic N) is 1. The van der Waals surface area contributed by atoms with E-state index in [1.165, 1.54) is 12.7 Å². The number of benzene rings is 1. The molecule has 0 atom stereocenters. The third-order valence-corrected chi connectivity index (χ3v) is 5.60. The molecule has 1 amide bonds. The number of hydrogen-bond donors (Lipinski definition) is 1. The number of hydrogen-bond acceptors (Lipinski definition) is 5. The van der Waals surface area contributed by atoms with Gasteiger partial charge in [-0.3, -0.25) is 14.5 Å². The summed E-state index contributed by atoms with van der Waals surface area (Å²) in [4.78, 5) is 26.4. The summed E-state index contributed by atoms with van der Waals surface area (Å²) in [6.45, 7) is 4.12. The van der Waals surface area contributed by atoms with Crippen LogP contribution in [0.5, 0.6) is 0 Å². The van der Waals surface area contributed by atoms with E-state index in [4.69, 9.17) is 9.47 Å². The molecule has 1 aromatic rings. The van der Waals surface area contributed by atoms with E-state index in [2.05, 4.69) is 16.3 Å². The summed E-state index contributed by atoms with van der Waals surface area (Å²) in [5.74, 6) is 0.0964. The molecule has 0 spiro atoms. The van der Waals surface area contributed by atoms with E-state index in [0.29, 0.717) is 19.6 Å². The van der Waals surface area contributed by atoms with Crippen LogP contribution in [0.2, 0.25) is 0 Å². The Hall–Kier alpha value is -1.92. The van der Waals surface area contributed by atoms with Crippen molar-refractivity contribution in [2.24, 2.45) is 5.92 Å². The van der Waals surface area contributed by atoms with Crippen molar-refractivity contribution in [2.75, 3.05) is 33.4 Å². The lowest BCUT2D eigenvalue weighted by molar-refractivity contribution is -0.139. The minimum atomic E-state index is -0.211. The molecule has 0 saturated carbocycles. The molecule has 2 aliphatic rings. The summed E-state index contributed by atoms with van der Waals surface area (Å²) < 4.78 is 10.1. The number of methoxy groups -OCH3 is 1. The van der Waals surface area contributed by atoms with Crippen LogP contribution in [0.1, 0.15) is 36.8 Å². The Morgan fingerprint density at radius 1 is 1.11 bits per heavy atom. The zero-order valence-corrected chi connectivity index (χ0v) is 16.1. The van der Waals surface area contributed by atoms with E-state index in [1.54, 1.807) is 0 Å². The van der Waals surface area contributed by atoms with Crippen molar-refractivity contribution >= 4 is 11.9 Å². The van der Waals surface area contributed by atoms with Gasteiger partial charge in [0, 0.05) is 44.8 Å². The van der Waals surface area contributed by atoms with Crippen LogP contribution in [0.15, 0.2) is 24.3 Å². The predicted molar refractivity (Wildman–Crippen MR) is 102 cm³/mol. The lowest BCUT2D eigenvalue weighted by Gasteiger charge is -2.33. The van der Waals surface area contributed by atoms with Crippen LogP contribution in [-0.4, -0.2) is 56.2 Å². The molecule has 0 radical (unpaired) electrons. The van der Waals surface area contributed by atoms with Crippen LogP contribution in [0.3, 0.4) is 0 Å². The maximum absolute atomic E-state index is 12.4. The van der Waals surface area contributed by atoms with E-state index >= 15 is 0 Å². The second kappa shape index (κ2) is 9.85. The first-order valence-corrected chi connectivity index (χ1v) is 9.90. The number of esters is 1. The number of likely N-dealkylation sites (tertiary alicyclic amines) is 1. The quantitative estimate of drug-likeness (QED) is 0.771. The van der Waals surface area contributed by atoms with Gasteiger partial charge in [-0.15, -0.1) is 0 Å². The highest BCUT2D eigenvalue weighted by atomic mass is 16.5. The Balaban J connectivity index is 1.47. The maximum Gasteiger partial charge on any atom is 0.309 e.